The second-order valence-corrected chi connectivity index (χ2v) is 5.48. The first-order valence-corrected chi connectivity index (χ1v) is 7.56. The molecule has 1 N–H and O–H groups in total. The average molecular weight is 295 g/mol. The molecule has 114 valence electrons. The van der Waals surface area contributed by atoms with Crippen molar-refractivity contribution in [3.8, 4) is 5.69 Å². The van der Waals surface area contributed by atoms with Crippen LogP contribution in [0.15, 0.2) is 61.1 Å². The summed E-state index contributed by atoms with van der Waals surface area (Å²) in [6.07, 6.45) is 5.80. The summed E-state index contributed by atoms with van der Waals surface area (Å²) < 4.78 is 3.87. The van der Waals surface area contributed by atoms with Crippen LogP contribution in [0.2, 0.25) is 0 Å². The van der Waals surface area contributed by atoms with Crippen LogP contribution in [0.5, 0.6) is 0 Å². The molecule has 0 fully saturated rings. The molecule has 3 aromatic rings. The van der Waals surface area contributed by atoms with Crippen LogP contribution in [-0.2, 0) is 6.54 Å². The van der Waals surface area contributed by atoms with Crippen molar-refractivity contribution in [3.05, 3.63) is 66.7 Å². The first-order valence-electron chi connectivity index (χ1n) is 7.56. The van der Waals surface area contributed by atoms with Gasteiger partial charge in [0.2, 0.25) is 0 Å². The lowest BCUT2D eigenvalue weighted by Crippen LogP contribution is -2.33. The van der Waals surface area contributed by atoms with Gasteiger partial charge in [-0.25, -0.2) is 4.68 Å². The number of nitrogens with zero attached hydrogens (tertiary/aromatic N) is 4. The van der Waals surface area contributed by atoms with Gasteiger partial charge in [0, 0.05) is 31.2 Å². The predicted molar refractivity (Wildman–Crippen MR) is 86.8 cm³/mol. The van der Waals surface area contributed by atoms with E-state index in [-0.39, 0.29) is 0 Å². The van der Waals surface area contributed by atoms with Gasteiger partial charge in [0.1, 0.15) is 0 Å². The molecule has 2 heterocycles. The fourth-order valence-electron chi connectivity index (χ4n) is 2.37. The minimum atomic E-state index is 0.297. The van der Waals surface area contributed by atoms with Crippen molar-refractivity contribution >= 4 is 0 Å². The van der Waals surface area contributed by atoms with Crippen LogP contribution in [0.25, 0.3) is 5.69 Å². The molecule has 0 aliphatic heterocycles. The first-order chi connectivity index (χ1) is 10.7. The van der Waals surface area contributed by atoms with Crippen molar-refractivity contribution in [2.45, 2.75) is 32.5 Å². The number of hydrogen-bond donors (Lipinski definition) is 1. The molecule has 1 aromatic carbocycles. The SMILES string of the molecule is C[C@@H](NCc1ccn(-c2ccccc2)n1)[C@H](C)n1cccn1. The quantitative estimate of drug-likeness (QED) is 0.760. The topological polar surface area (TPSA) is 47.7 Å². The van der Waals surface area contributed by atoms with E-state index in [1.54, 1.807) is 0 Å². The predicted octanol–water partition coefficient (Wildman–Crippen LogP) is 2.81. The van der Waals surface area contributed by atoms with Crippen molar-refractivity contribution in [1.29, 1.82) is 0 Å². The third-order valence-corrected chi connectivity index (χ3v) is 3.94. The highest BCUT2D eigenvalue weighted by molar-refractivity contribution is 5.30. The maximum absolute atomic E-state index is 4.61. The highest BCUT2D eigenvalue weighted by Gasteiger charge is 2.14. The van der Waals surface area contributed by atoms with Gasteiger partial charge in [-0.15, -0.1) is 0 Å². The maximum Gasteiger partial charge on any atom is 0.0766 e. The Balaban J connectivity index is 1.59. The smallest absolute Gasteiger partial charge is 0.0766 e. The molecule has 3 rings (SSSR count). The lowest BCUT2D eigenvalue weighted by Gasteiger charge is -2.21. The van der Waals surface area contributed by atoms with Crippen molar-refractivity contribution in [1.82, 2.24) is 24.9 Å². The fraction of sp³-hybridized carbons (Fsp3) is 0.294. The molecule has 22 heavy (non-hydrogen) atoms. The Morgan fingerprint density at radius 1 is 1.05 bits per heavy atom. The second kappa shape index (κ2) is 6.58. The van der Waals surface area contributed by atoms with E-state index < -0.39 is 0 Å². The second-order valence-electron chi connectivity index (χ2n) is 5.48. The zero-order valence-electron chi connectivity index (χ0n) is 12.9. The van der Waals surface area contributed by atoms with E-state index in [0.717, 1.165) is 17.9 Å². The zero-order valence-corrected chi connectivity index (χ0v) is 12.9. The van der Waals surface area contributed by atoms with Crippen LogP contribution in [0.4, 0.5) is 0 Å². The molecule has 5 nitrogen and oxygen atoms in total. The molecule has 0 aliphatic rings. The summed E-state index contributed by atoms with van der Waals surface area (Å²) in [4.78, 5) is 0. The van der Waals surface area contributed by atoms with Gasteiger partial charge in [0.15, 0.2) is 0 Å². The summed E-state index contributed by atoms with van der Waals surface area (Å²) in [5.41, 5.74) is 2.11. The molecule has 0 unspecified atom stereocenters. The van der Waals surface area contributed by atoms with Crippen LogP contribution in [0, 0.1) is 0 Å². The van der Waals surface area contributed by atoms with Gasteiger partial charge in [-0.2, -0.15) is 10.2 Å². The average Bonchev–Trinajstić information content (AvgIpc) is 3.24. The molecule has 0 radical (unpaired) electrons. The Hall–Kier alpha value is -2.40. The van der Waals surface area contributed by atoms with Crippen molar-refractivity contribution in [2.75, 3.05) is 0 Å². The molecule has 0 spiro atoms. The molecule has 2 atom stereocenters. The minimum absolute atomic E-state index is 0.297. The molecular formula is C17H21N5. The van der Waals surface area contributed by atoms with Crippen molar-refractivity contribution < 1.29 is 0 Å². The Kier molecular flexibility index (Phi) is 4.34. The number of para-hydroxylation sites is 1. The summed E-state index contributed by atoms with van der Waals surface area (Å²) in [5.74, 6) is 0. The van der Waals surface area contributed by atoms with E-state index >= 15 is 0 Å². The van der Waals surface area contributed by atoms with Gasteiger partial charge in [-0.3, -0.25) is 4.68 Å². The van der Waals surface area contributed by atoms with Crippen LogP contribution in [-0.4, -0.2) is 25.6 Å². The molecule has 0 bridgehead atoms. The highest BCUT2D eigenvalue weighted by atomic mass is 15.3. The summed E-state index contributed by atoms with van der Waals surface area (Å²) in [6.45, 7) is 5.07. The lowest BCUT2D eigenvalue weighted by atomic mass is 10.1. The zero-order chi connectivity index (χ0) is 15.4. The molecule has 2 aromatic heterocycles. The maximum atomic E-state index is 4.61. The summed E-state index contributed by atoms with van der Waals surface area (Å²) >= 11 is 0. The van der Waals surface area contributed by atoms with Gasteiger partial charge in [0.05, 0.1) is 17.4 Å². The van der Waals surface area contributed by atoms with Crippen LogP contribution in [0.3, 0.4) is 0 Å². The van der Waals surface area contributed by atoms with Gasteiger partial charge >= 0.3 is 0 Å². The van der Waals surface area contributed by atoms with Crippen LogP contribution < -0.4 is 5.32 Å². The molecule has 0 saturated heterocycles. The molecule has 0 amide bonds. The van der Waals surface area contributed by atoms with Gasteiger partial charge < -0.3 is 5.32 Å². The summed E-state index contributed by atoms with van der Waals surface area (Å²) in [6, 6.07) is 14.7. The van der Waals surface area contributed by atoms with E-state index in [0.29, 0.717) is 12.1 Å². The minimum Gasteiger partial charge on any atom is -0.306 e. The highest BCUT2D eigenvalue weighted by Crippen LogP contribution is 2.10. The lowest BCUT2D eigenvalue weighted by molar-refractivity contribution is 0.363. The molecule has 0 aliphatic carbocycles. The Labute approximate surface area is 130 Å². The first kappa shape index (κ1) is 14.5. The van der Waals surface area contributed by atoms with Gasteiger partial charge in [0.25, 0.3) is 0 Å². The number of nitrogens with one attached hydrogen (secondary N) is 1. The largest absolute Gasteiger partial charge is 0.306 e. The normalized spacial score (nSPS) is 13.9. The van der Waals surface area contributed by atoms with E-state index in [9.17, 15) is 0 Å². The Morgan fingerprint density at radius 3 is 2.59 bits per heavy atom. The molecule has 0 saturated carbocycles. The molecule has 5 heteroatoms. The van der Waals surface area contributed by atoms with E-state index in [4.69, 9.17) is 0 Å². The van der Waals surface area contributed by atoms with Crippen molar-refractivity contribution in [2.24, 2.45) is 0 Å². The molecular weight excluding hydrogens is 274 g/mol. The number of hydrogen-bond acceptors (Lipinski definition) is 3. The fourth-order valence-corrected chi connectivity index (χ4v) is 2.37. The van der Waals surface area contributed by atoms with Gasteiger partial charge in [-0.1, -0.05) is 18.2 Å². The third-order valence-electron chi connectivity index (χ3n) is 3.94. The third kappa shape index (κ3) is 3.26. The van der Waals surface area contributed by atoms with E-state index in [1.165, 1.54) is 0 Å². The number of aromatic nitrogens is 4. The van der Waals surface area contributed by atoms with Crippen LogP contribution >= 0.6 is 0 Å². The van der Waals surface area contributed by atoms with Gasteiger partial charge in [-0.05, 0) is 38.1 Å². The van der Waals surface area contributed by atoms with Crippen LogP contribution in [0.1, 0.15) is 25.6 Å². The standard InChI is InChI=1S/C17H21N5/c1-14(15(2)21-11-6-10-19-21)18-13-16-9-12-22(20-16)17-7-4-3-5-8-17/h3-12,14-15,18H,13H2,1-2H3/t14-,15+/m1/s1. The number of benzene rings is 1. The van der Waals surface area contributed by atoms with Crippen molar-refractivity contribution in [3.63, 3.8) is 0 Å². The number of rotatable bonds is 6. The monoisotopic (exact) mass is 295 g/mol. The Morgan fingerprint density at radius 2 is 1.86 bits per heavy atom. The van der Waals surface area contributed by atoms with E-state index in [1.807, 2.05) is 70.4 Å². The Bertz CT molecular complexity index is 687. The van der Waals surface area contributed by atoms with E-state index in [2.05, 4.69) is 29.4 Å². The summed E-state index contributed by atoms with van der Waals surface area (Å²) in [5, 5.41) is 12.4. The summed E-state index contributed by atoms with van der Waals surface area (Å²) in [7, 11) is 0.